The summed E-state index contributed by atoms with van der Waals surface area (Å²) in [6, 6.07) is 4.63. The highest BCUT2D eigenvalue weighted by Crippen LogP contribution is 2.25. The summed E-state index contributed by atoms with van der Waals surface area (Å²) in [4.78, 5) is 10.8. The lowest BCUT2D eigenvalue weighted by atomic mass is 10.1. The second-order valence-corrected chi connectivity index (χ2v) is 4.28. The molecule has 0 unspecified atom stereocenters. The molecule has 1 fully saturated rings. The van der Waals surface area contributed by atoms with E-state index in [9.17, 15) is 4.79 Å². The van der Waals surface area contributed by atoms with E-state index >= 15 is 0 Å². The third-order valence-electron chi connectivity index (χ3n) is 2.64. The van der Waals surface area contributed by atoms with Crippen molar-refractivity contribution in [3.63, 3.8) is 0 Å². The molecule has 0 radical (unpaired) electrons. The van der Waals surface area contributed by atoms with Gasteiger partial charge in [-0.25, -0.2) is 4.79 Å². The first-order valence-corrected chi connectivity index (χ1v) is 5.82. The molecule has 0 saturated carbocycles. The Morgan fingerprint density at radius 2 is 2.12 bits per heavy atom. The molecule has 92 valence electrons. The van der Waals surface area contributed by atoms with Crippen LogP contribution in [-0.2, 0) is 4.74 Å². The number of halogens is 1. The molecule has 1 saturated heterocycles. The minimum absolute atomic E-state index is 0.0889. The Kier molecular flexibility index (Phi) is 3.86. The largest absolute Gasteiger partial charge is 0.490 e. The molecule has 1 aromatic rings. The molecule has 1 heterocycles. The summed E-state index contributed by atoms with van der Waals surface area (Å²) >= 11 is 5.86. The molecule has 0 atom stereocenters. The first-order chi connectivity index (χ1) is 8.16. The number of ether oxygens (including phenoxy) is 2. The number of rotatable bonds is 3. The van der Waals surface area contributed by atoms with Gasteiger partial charge in [0.1, 0.15) is 11.9 Å². The topological polar surface area (TPSA) is 55.8 Å². The zero-order valence-corrected chi connectivity index (χ0v) is 9.94. The van der Waals surface area contributed by atoms with Crippen LogP contribution < -0.4 is 4.74 Å². The molecule has 1 aliphatic heterocycles. The fraction of sp³-hybridized carbons (Fsp3) is 0.417. The van der Waals surface area contributed by atoms with Gasteiger partial charge in [0.25, 0.3) is 0 Å². The van der Waals surface area contributed by atoms with Gasteiger partial charge in [-0.1, -0.05) is 11.6 Å². The molecule has 0 aromatic heterocycles. The van der Waals surface area contributed by atoms with Crippen LogP contribution in [0.2, 0.25) is 5.02 Å². The molecular weight excluding hydrogens is 244 g/mol. The third kappa shape index (κ3) is 3.11. The number of hydrogen-bond donors (Lipinski definition) is 1. The van der Waals surface area contributed by atoms with Gasteiger partial charge < -0.3 is 14.6 Å². The van der Waals surface area contributed by atoms with Gasteiger partial charge >= 0.3 is 5.97 Å². The second-order valence-electron chi connectivity index (χ2n) is 3.88. The second kappa shape index (κ2) is 5.38. The summed E-state index contributed by atoms with van der Waals surface area (Å²) in [6.07, 6.45) is 1.81. The SMILES string of the molecule is O=C(O)c1ccc(OC2CCOCC2)cc1Cl. The van der Waals surface area contributed by atoms with Crippen molar-refractivity contribution in [3.8, 4) is 5.75 Å². The molecule has 0 aliphatic carbocycles. The summed E-state index contributed by atoms with van der Waals surface area (Å²) in [5.41, 5.74) is 0.0889. The quantitative estimate of drug-likeness (QED) is 0.903. The number of carboxylic acids is 1. The highest BCUT2D eigenvalue weighted by Gasteiger charge is 2.16. The highest BCUT2D eigenvalue weighted by atomic mass is 35.5. The van der Waals surface area contributed by atoms with Crippen molar-refractivity contribution < 1.29 is 19.4 Å². The standard InChI is InChI=1S/C12H13ClO4/c13-11-7-9(1-2-10(11)12(14)15)17-8-3-5-16-6-4-8/h1-2,7-8H,3-6H2,(H,14,15). The predicted molar refractivity (Wildman–Crippen MR) is 62.9 cm³/mol. The van der Waals surface area contributed by atoms with E-state index < -0.39 is 5.97 Å². The molecular formula is C12H13ClO4. The normalized spacial score (nSPS) is 16.8. The Balaban J connectivity index is 2.06. The number of carboxylic acid groups (broad SMARTS) is 1. The fourth-order valence-electron chi connectivity index (χ4n) is 1.73. The van der Waals surface area contributed by atoms with Crippen molar-refractivity contribution in [1.82, 2.24) is 0 Å². The maximum absolute atomic E-state index is 10.8. The summed E-state index contributed by atoms with van der Waals surface area (Å²) in [5.74, 6) is -0.431. The summed E-state index contributed by atoms with van der Waals surface area (Å²) in [6.45, 7) is 1.40. The van der Waals surface area contributed by atoms with Crippen LogP contribution in [-0.4, -0.2) is 30.4 Å². The van der Waals surface area contributed by atoms with E-state index in [1.165, 1.54) is 6.07 Å². The number of aromatic carboxylic acids is 1. The van der Waals surface area contributed by atoms with Gasteiger partial charge in [0.15, 0.2) is 0 Å². The van der Waals surface area contributed by atoms with Gasteiger partial charge in [-0.2, -0.15) is 0 Å². The lowest BCUT2D eigenvalue weighted by Crippen LogP contribution is -2.25. The molecule has 0 amide bonds. The van der Waals surface area contributed by atoms with Crippen molar-refractivity contribution in [2.45, 2.75) is 18.9 Å². The maximum atomic E-state index is 10.8. The van der Waals surface area contributed by atoms with E-state index in [1.54, 1.807) is 12.1 Å². The number of hydrogen-bond acceptors (Lipinski definition) is 3. The average Bonchev–Trinajstić information content (AvgIpc) is 2.30. The molecule has 5 heteroatoms. The molecule has 1 aliphatic rings. The van der Waals surface area contributed by atoms with E-state index in [0.717, 1.165) is 12.8 Å². The summed E-state index contributed by atoms with van der Waals surface area (Å²) in [5, 5.41) is 9.03. The van der Waals surface area contributed by atoms with Crippen LogP contribution in [0.3, 0.4) is 0 Å². The Morgan fingerprint density at radius 1 is 1.41 bits per heavy atom. The first-order valence-electron chi connectivity index (χ1n) is 5.44. The zero-order valence-electron chi connectivity index (χ0n) is 9.19. The van der Waals surface area contributed by atoms with Gasteiger partial charge in [0, 0.05) is 12.8 Å². The summed E-state index contributed by atoms with van der Waals surface area (Å²) in [7, 11) is 0. The number of benzene rings is 1. The Morgan fingerprint density at radius 3 is 2.71 bits per heavy atom. The van der Waals surface area contributed by atoms with Crippen LogP contribution in [0.5, 0.6) is 5.75 Å². The van der Waals surface area contributed by atoms with Crippen LogP contribution in [0, 0.1) is 0 Å². The monoisotopic (exact) mass is 256 g/mol. The Labute approximate surface area is 104 Å². The van der Waals surface area contributed by atoms with Gasteiger partial charge in [0.2, 0.25) is 0 Å². The van der Waals surface area contributed by atoms with Gasteiger partial charge in [0.05, 0.1) is 23.8 Å². The lowest BCUT2D eigenvalue weighted by molar-refractivity contribution is 0.0256. The van der Waals surface area contributed by atoms with E-state index in [2.05, 4.69) is 0 Å². The predicted octanol–water partition coefficient (Wildman–Crippen LogP) is 2.60. The van der Waals surface area contributed by atoms with Crippen molar-refractivity contribution in [3.05, 3.63) is 28.8 Å². The van der Waals surface area contributed by atoms with Crippen LogP contribution in [0.25, 0.3) is 0 Å². The Bertz CT molecular complexity index is 413. The van der Waals surface area contributed by atoms with Crippen molar-refractivity contribution in [2.24, 2.45) is 0 Å². The molecule has 1 aromatic carbocycles. The Hall–Kier alpha value is -1.26. The molecule has 0 bridgehead atoms. The van der Waals surface area contributed by atoms with Crippen molar-refractivity contribution in [2.75, 3.05) is 13.2 Å². The van der Waals surface area contributed by atoms with Crippen LogP contribution >= 0.6 is 11.6 Å². The van der Waals surface area contributed by atoms with Gasteiger partial charge in [-0.05, 0) is 18.2 Å². The first kappa shape index (κ1) is 12.2. The van der Waals surface area contributed by atoms with Crippen LogP contribution in [0.4, 0.5) is 0 Å². The third-order valence-corrected chi connectivity index (χ3v) is 2.95. The van der Waals surface area contributed by atoms with Crippen LogP contribution in [0.15, 0.2) is 18.2 Å². The molecule has 17 heavy (non-hydrogen) atoms. The molecule has 4 nitrogen and oxygen atoms in total. The minimum atomic E-state index is -1.03. The van der Waals surface area contributed by atoms with E-state index in [0.29, 0.717) is 19.0 Å². The number of carbonyl (C=O) groups is 1. The van der Waals surface area contributed by atoms with Gasteiger partial charge in [-0.15, -0.1) is 0 Å². The zero-order chi connectivity index (χ0) is 12.3. The van der Waals surface area contributed by atoms with E-state index in [4.69, 9.17) is 26.2 Å². The smallest absolute Gasteiger partial charge is 0.337 e. The maximum Gasteiger partial charge on any atom is 0.337 e. The van der Waals surface area contributed by atoms with E-state index in [1.807, 2.05) is 0 Å². The lowest BCUT2D eigenvalue weighted by Gasteiger charge is -2.23. The summed E-state index contributed by atoms with van der Waals surface area (Å²) < 4.78 is 10.9. The molecule has 1 N–H and O–H groups in total. The molecule has 2 rings (SSSR count). The van der Waals surface area contributed by atoms with Crippen molar-refractivity contribution >= 4 is 17.6 Å². The van der Waals surface area contributed by atoms with E-state index in [-0.39, 0.29) is 16.7 Å². The minimum Gasteiger partial charge on any atom is -0.490 e. The fourth-order valence-corrected chi connectivity index (χ4v) is 1.98. The highest BCUT2D eigenvalue weighted by molar-refractivity contribution is 6.33. The van der Waals surface area contributed by atoms with Crippen LogP contribution in [0.1, 0.15) is 23.2 Å². The average molecular weight is 257 g/mol. The van der Waals surface area contributed by atoms with Gasteiger partial charge in [-0.3, -0.25) is 0 Å². The van der Waals surface area contributed by atoms with Crippen molar-refractivity contribution in [1.29, 1.82) is 0 Å². The molecule has 0 spiro atoms.